The number of alkyl halides is 3. The summed E-state index contributed by atoms with van der Waals surface area (Å²) in [5, 5.41) is 0. The number of hydrogen-bond donors (Lipinski definition) is 0. The first-order chi connectivity index (χ1) is 8.45. The minimum Gasteiger partial charge on any atom is -0.299 e. The van der Waals surface area contributed by atoms with Crippen LogP contribution in [0.4, 0.5) is 13.2 Å². The summed E-state index contributed by atoms with van der Waals surface area (Å²) in [6.07, 6.45) is -0.932. The van der Waals surface area contributed by atoms with Gasteiger partial charge in [0.15, 0.2) is 0 Å². The first kappa shape index (κ1) is 11.8. The summed E-state index contributed by atoms with van der Waals surface area (Å²) in [6, 6.07) is 5.89. The number of fused-ring (bicyclic) bond motifs is 2. The SMILES string of the molecule is CN1CC2C=C(c3ccc(C(F)(F)F)cc3)C1C2. The Morgan fingerprint density at radius 2 is 1.83 bits per heavy atom. The van der Waals surface area contributed by atoms with Crippen LogP contribution in [-0.4, -0.2) is 24.5 Å². The summed E-state index contributed by atoms with van der Waals surface area (Å²) in [4.78, 5) is 2.28. The van der Waals surface area contributed by atoms with E-state index >= 15 is 0 Å². The van der Waals surface area contributed by atoms with Crippen molar-refractivity contribution < 1.29 is 13.2 Å². The molecule has 0 aromatic heterocycles. The number of rotatable bonds is 1. The van der Waals surface area contributed by atoms with Gasteiger partial charge in [-0.15, -0.1) is 0 Å². The second-order valence-electron chi connectivity index (χ2n) is 5.15. The predicted octanol–water partition coefficient (Wildman–Crippen LogP) is 3.42. The van der Waals surface area contributed by atoms with E-state index in [1.807, 2.05) is 0 Å². The molecule has 2 aliphatic rings. The van der Waals surface area contributed by atoms with Gasteiger partial charge in [0.2, 0.25) is 0 Å². The minimum atomic E-state index is -4.25. The Balaban J connectivity index is 1.89. The summed E-state index contributed by atoms with van der Waals surface area (Å²) in [7, 11) is 2.07. The topological polar surface area (TPSA) is 3.24 Å². The fourth-order valence-corrected chi connectivity index (χ4v) is 3.03. The fraction of sp³-hybridized carbons (Fsp3) is 0.429. The van der Waals surface area contributed by atoms with Gasteiger partial charge in [-0.3, -0.25) is 4.90 Å². The van der Waals surface area contributed by atoms with E-state index in [0.717, 1.165) is 18.5 Å². The highest BCUT2D eigenvalue weighted by Crippen LogP contribution is 2.41. The van der Waals surface area contributed by atoms with Crippen molar-refractivity contribution in [2.45, 2.75) is 18.6 Å². The molecule has 3 rings (SSSR count). The van der Waals surface area contributed by atoms with E-state index in [0.29, 0.717) is 12.0 Å². The molecule has 1 aromatic rings. The molecule has 1 heterocycles. The standard InChI is InChI=1S/C14H14F3N/c1-18-8-9-6-12(13(18)7-9)10-2-4-11(5-3-10)14(15,16)17/h2-6,9,13H,7-8H2,1H3. The maximum absolute atomic E-state index is 12.5. The molecule has 1 aliphatic heterocycles. The molecule has 0 saturated carbocycles. The molecule has 2 atom stereocenters. The lowest BCUT2D eigenvalue weighted by Crippen LogP contribution is -2.27. The quantitative estimate of drug-likeness (QED) is 0.741. The fourth-order valence-electron chi connectivity index (χ4n) is 3.03. The number of likely N-dealkylation sites (N-methyl/N-ethyl adjacent to an activating group) is 1. The van der Waals surface area contributed by atoms with E-state index in [-0.39, 0.29) is 0 Å². The van der Waals surface area contributed by atoms with Crippen molar-refractivity contribution in [3.05, 3.63) is 41.5 Å². The van der Waals surface area contributed by atoms with Gasteiger partial charge in [0.25, 0.3) is 0 Å². The minimum absolute atomic E-state index is 0.381. The highest BCUT2D eigenvalue weighted by molar-refractivity contribution is 5.73. The first-order valence-electron chi connectivity index (χ1n) is 6.05. The molecule has 2 bridgehead atoms. The normalized spacial score (nSPS) is 27.7. The highest BCUT2D eigenvalue weighted by Gasteiger charge is 2.37. The van der Waals surface area contributed by atoms with Gasteiger partial charge < -0.3 is 0 Å². The van der Waals surface area contributed by atoms with Crippen LogP contribution < -0.4 is 0 Å². The number of halogens is 3. The predicted molar refractivity (Wildman–Crippen MR) is 63.9 cm³/mol. The van der Waals surface area contributed by atoms with Gasteiger partial charge in [-0.25, -0.2) is 0 Å². The van der Waals surface area contributed by atoms with Gasteiger partial charge in [0.05, 0.1) is 5.56 Å². The molecule has 1 nitrogen and oxygen atoms in total. The Morgan fingerprint density at radius 3 is 2.33 bits per heavy atom. The van der Waals surface area contributed by atoms with E-state index in [1.165, 1.54) is 17.7 Å². The Labute approximate surface area is 104 Å². The highest BCUT2D eigenvalue weighted by atomic mass is 19.4. The Morgan fingerprint density at radius 1 is 1.17 bits per heavy atom. The van der Waals surface area contributed by atoms with Crippen LogP contribution in [0.25, 0.3) is 5.57 Å². The number of likely N-dealkylation sites (tertiary alicyclic amines) is 1. The third-order valence-corrected chi connectivity index (χ3v) is 3.90. The van der Waals surface area contributed by atoms with Crippen molar-refractivity contribution in [3.63, 3.8) is 0 Å². The van der Waals surface area contributed by atoms with Gasteiger partial charge in [-0.05, 0) is 42.7 Å². The molecule has 4 heteroatoms. The van der Waals surface area contributed by atoms with Crippen LogP contribution in [0.15, 0.2) is 30.3 Å². The summed E-state index contributed by atoms with van der Waals surface area (Å²) in [6.45, 7) is 1.06. The lowest BCUT2D eigenvalue weighted by Gasteiger charge is -2.24. The maximum atomic E-state index is 12.5. The van der Waals surface area contributed by atoms with Crippen molar-refractivity contribution >= 4 is 5.57 Å². The molecule has 0 amide bonds. The van der Waals surface area contributed by atoms with Crippen LogP contribution in [0.5, 0.6) is 0 Å². The molecule has 0 spiro atoms. The van der Waals surface area contributed by atoms with Crippen molar-refractivity contribution in [3.8, 4) is 0 Å². The van der Waals surface area contributed by atoms with Crippen LogP contribution in [-0.2, 0) is 6.18 Å². The summed E-state index contributed by atoms with van der Waals surface area (Å²) in [5.41, 5.74) is 1.52. The summed E-state index contributed by atoms with van der Waals surface area (Å²) >= 11 is 0. The van der Waals surface area contributed by atoms with Gasteiger partial charge in [0, 0.05) is 12.6 Å². The average molecular weight is 253 g/mol. The van der Waals surface area contributed by atoms with Crippen LogP contribution >= 0.6 is 0 Å². The van der Waals surface area contributed by atoms with Gasteiger partial charge in [0.1, 0.15) is 0 Å². The molecular formula is C14H14F3N. The third-order valence-electron chi connectivity index (χ3n) is 3.90. The molecular weight excluding hydrogens is 239 g/mol. The van der Waals surface area contributed by atoms with Crippen molar-refractivity contribution in [1.29, 1.82) is 0 Å². The second kappa shape index (κ2) is 3.85. The molecule has 0 radical (unpaired) electrons. The number of hydrogen-bond acceptors (Lipinski definition) is 1. The molecule has 1 fully saturated rings. The summed E-state index contributed by atoms with van der Waals surface area (Å²) < 4.78 is 37.5. The number of nitrogens with zero attached hydrogens (tertiary/aromatic N) is 1. The Kier molecular flexibility index (Phi) is 2.52. The van der Waals surface area contributed by atoms with E-state index < -0.39 is 11.7 Å². The molecule has 1 saturated heterocycles. The van der Waals surface area contributed by atoms with Crippen molar-refractivity contribution in [2.75, 3.05) is 13.6 Å². The third kappa shape index (κ3) is 1.85. The molecule has 2 unspecified atom stereocenters. The second-order valence-corrected chi connectivity index (χ2v) is 5.15. The molecule has 96 valence electrons. The van der Waals surface area contributed by atoms with Crippen LogP contribution in [0.3, 0.4) is 0 Å². The van der Waals surface area contributed by atoms with Gasteiger partial charge >= 0.3 is 6.18 Å². The van der Waals surface area contributed by atoms with Crippen molar-refractivity contribution in [1.82, 2.24) is 4.90 Å². The van der Waals surface area contributed by atoms with Crippen molar-refractivity contribution in [2.24, 2.45) is 5.92 Å². The van der Waals surface area contributed by atoms with Gasteiger partial charge in [-0.1, -0.05) is 18.2 Å². The lowest BCUT2D eigenvalue weighted by atomic mass is 9.99. The van der Waals surface area contributed by atoms with E-state index in [1.54, 1.807) is 12.1 Å². The monoisotopic (exact) mass is 253 g/mol. The van der Waals surface area contributed by atoms with E-state index in [9.17, 15) is 13.2 Å². The van der Waals surface area contributed by atoms with Gasteiger partial charge in [-0.2, -0.15) is 13.2 Å². The van der Waals surface area contributed by atoms with E-state index in [4.69, 9.17) is 0 Å². The smallest absolute Gasteiger partial charge is 0.299 e. The Hall–Kier alpha value is -1.29. The average Bonchev–Trinajstić information content (AvgIpc) is 2.86. The largest absolute Gasteiger partial charge is 0.416 e. The molecule has 1 aliphatic carbocycles. The Bertz CT molecular complexity index is 487. The summed E-state index contributed by atoms with van der Waals surface area (Å²) in [5.74, 6) is 0.567. The zero-order valence-electron chi connectivity index (χ0n) is 10.0. The molecule has 1 aromatic carbocycles. The maximum Gasteiger partial charge on any atom is 0.416 e. The first-order valence-corrected chi connectivity index (χ1v) is 6.05. The zero-order chi connectivity index (χ0) is 12.9. The molecule has 0 N–H and O–H groups in total. The number of benzene rings is 1. The van der Waals surface area contributed by atoms with Crippen LogP contribution in [0, 0.1) is 5.92 Å². The van der Waals surface area contributed by atoms with Crippen LogP contribution in [0.2, 0.25) is 0 Å². The van der Waals surface area contributed by atoms with Crippen LogP contribution in [0.1, 0.15) is 17.5 Å². The van der Waals surface area contributed by atoms with E-state index in [2.05, 4.69) is 18.0 Å². The lowest BCUT2D eigenvalue weighted by molar-refractivity contribution is -0.137. The zero-order valence-corrected chi connectivity index (χ0v) is 10.0. The molecule has 18 heavy (non-hydrogen) atoms.